The van der Waals surface area contributed by atoms with Gasteiger partial charge in [-0.1, -0.05) is 0 Å². The zero-order valence-electron chi connectivity index (χ0n) is 14.3. The normalized spacial score (nSPS) is 18.2. The number of benzene rings is 1. The van der Waals surface area contributed by atoms with E-state index in [0.29, 0.717) is 18.7 Å². The van der Waals surface area contributed by atoms with Crippen molar-refractivity contribution in [1.29, 1.82) is 0 Å². The van der Waals surface area contributed by atoms with Gasteiger partial charge in [0.2, 0.25) is 10.0 Å². The number of rotatable bonds is 6. The van der Waals surface area contributed by atoms with Crippen LogP contribution in [0.1, 0.15) is 37.0 Å². The van der Waals surface area contributed by atoms with Crippen molar-refractivity contribution in [3.05, 3.63) is 23.8 Å². The molecule has 0 radical (unpaired) electrons. The molecule has 3 N–H and O–H groups in total. The fourth-order valence-corrected chi connectivity index (χ4v) is 4.35. The van der Waals surface area contributed by atoms with Crippen LogP contribution < -0.4 is 15.2 Å². The van der Waals surface area contributed by atoms with Gasteiger partial charge in [0.05, 0.1) is 7.11 Å². The lowest BCUT2D eigenvalue weighted by Crippen LogP contribution is -2.40. The van der Waals surface area contributed by atoms with Gasteiger partial charge in [0.15, 0.2) is 0 Å². The molecule has 0 saturated carbocycles. The molecule has 8 heteroatoms. The van der Waals surface area contributed by atoms with Gasteiger partial charge in [-0.15, -0.1) is 0 Å². The molecule has 1 unspecified atom stereocenters. The third-order valence-corrected chi connectivity index (χ3v) is 5.68. The van der Waals surface area contributed by atoms with E-state index in [1.807, 2.05) is 0 Å². The summed E-state index contributed by atoms with van der Waals surface area (Å²) < 4.78 is 32.7. The second-order valence-corrected chi connectivity index (χ2v) is 7.85. The summed E-state index contributed by atoms with van der Waals surface area (Å²) in [5.41, 5.74) is 6.04. The third kappa shape index (κ3) is 3.88. The molecule has 0 aliphatic carbocycles. The van der Waals surface area contributed by atoms with Gasteiger partial charge in [-0.2, -0.15) is 0 Å². The first kappa shape index (κ1) is 18.7. The van der Waals surface area contributed by atoms with Crippen molar-refractivity contribution >= 4 is 15.9 Å². The molecule has 1 aliphatic rings. The van der Waals surface area contributed by atoms with Crippen molar-refractivity contribution < 1.29 is 17.9 Å². The summed E-state index contributed by atoms with van der Waals surface area (Å²) in [7, 11) is -2.37. The third-order valence-electron chi connectivity index (χ3n) is 4.00. The van der Waals surface area contributed by atoms with E-state index < -0.39 is 10.0 Å². The number of likely N-dealkylation sites (tertiary alicyclic amines) is 1. The zero-order chi connectivity index (χ0) is 17.9. The molecule has 0 aromatic heterocycles. The quantitative estimate of drug-likeness (QED) is 0.791. The molecule has 1 aliphatic heterocycles. The average Bonchev–Trinajstić information content (AvgIpc) is 3.00. The Balaban J connectivity index is 2.40. The number of amides is 1. The first-order chi connectivity index (χ1) is 11.3. The summed E-state index contributed by atoms with van der Waals surface area (Å²) in [5.74, 6) is 0.00287. The fraction of sp³-hybridized carbons (Fsp3) is 0.562. The highest BCUT2D eigenvalue weighted by Gasteiger charge is 2.30. The summed E-state index contributed by atoms with van der Waals surface area (Å²) >= 11 is 0. The number of carbonyl (C=O) groups excluding carboxylic acids is 1. The topological polar surface area (TPSA) is 102 Å². The van der Waals surface area contributed by atoms with Crippen molar-refractivity contribution in [1.82, 2.24) is 9.62 Å². The number of nitrogens with two attached hydrogens (primary N) is 1. The number of sulfonamides is 1. The summed E-state index contributed by atoms with van der Waals surface area (Å²) in [5, 5.41) is 0. The number of hydrogen-bond acceptors (Lipinski definition) is 5. The Bertz CT molecular complexity index is 703. The van der Waals surface area contributed by atoms with Gasteiger partial charge in [0.25, 0.3) is 5.91 Å². The lowest BCUT2D eigenvalue weighted by molar-refractivity contribution is 0.0741. The number of carbonyl (C=O) groups is 1. The van der Waals surface area contributed by atoms with Crippen LogP contribution in [0.4, 0.5) is 0 Å². The van der Waals surface area contributed by atoms with Crippen molar-refractivity contribution in [2.24, 2.45) is 5.73 Å². The minimum atomic E-state index is -3.77. The highest BCUT2D eigenvalue weighted by atomic mass is 32.2. The molecule has 1 saturated heterocycles. The Morgan fingerprint density at radius 2 is 2.17 bits per heavy atom. The van der Waals surface area contributed by atoms with Gasteiger partial charge in [-0.3, -0.25) is 4.79 Å². The highest BCUT2D eigenvalue weighted by molar-refractivity contribution is 7.89. The number of methoxy groups -OCH3 is 1. The second kappa shape index (κ2) is 7.50. The molecule has 1 heterocycles. The van der Waals surface area contributed by atoms with Crippen molar-refractivity contribution in [3.63, 3.8) is 0 Å². The lowest BCUT2D eigenvalue weighted by atomic mass is 10.1. The molecule has 0 spiro atoms. The van der Waals surface area contributed by atoms with Crippen molar-refractivity contribution in [2.75, 3.05) is 20.2 Å². The van der Waals surface area contributed by atoms with Crippen LogP contribution in [0.2, 0.25) is 0 Å². The maximum Gasteiger partial charge on any atom is 0.254 e. The van der Waals surface area contributed by atoms with Gasteiger partial charge in [-0.25, -0.2) is 13.1 Å². The van der Waals surface area contributed by atoms with Crippen LogP contribution in [0.25, 0.3) is 0 Å². The highest BCUT2D eigenvalue weighted by Crippen LogP contribution is 2.27. The predicted molar refractivity (Wildman–Crippen MR) is 91.6 cm³/mol. The van der Waals surface area contributed by atoms with E-state index in [1.54, 1.807) is 24.8 Å². The van der Waals surface area contributed by atoms with Gasteiger partial charge in [0.1, 0.15) is 10.6 Å². The fourth-order valence-electron chi connectivity index (χ4n) is 2.91. The van der Waals surface area contributed by atoms with Crippen LogP contribution >= 0.6 is 0 Å². The minimum absolute atomic E-state index is 0.00782. The van der Waals surface area contributed by atoms with E-state index in [9.17, 15) is 13.2 Å². The minimum Gasteiger partial charge on any atom is -0.495 e. The van der Waals surface area contributed by atoms with E-state index in [4.69, 9.17) is 10.5 Å². The van der Waals surface area contributed by atoms with Crippen LogP contribution in [0.15, 0.2) is 23.1 Å². The molecule has 1 fully saturated rings. The molecule has 0 bridgehead atoms. The molecule has 134 valence electrons. The molecule has 1 atom stereocenters. The first-order valence-corrected chi connectivity index (χ1v) is 9.50. The van der Waals surface area contributed by atoms with E-state index in [1.165, 1.54) is 19.2 Å². The molecule has 7 nitrogen and oxygen atoms in total. The second-order valence-electron chi connectivity index (χ2n) is 6.17. The summed E-state index contributed by atoms with van der Waals surface area (Å²) in [4.78, 5) is 14.4. The van der Waals surface area contributed by atoms with Crippen LogP contribution in [0.3, 0.4) is 0 Å². The molecule has 24 heavy (non-hydrogen) atoms. The summed E-state index contributed by atoms with van der Waals surface area (Å²) in [6, 6.07) is 4.21. The molecular formula is C16H25N3O4S. The number of nitrogens with one attached hydrogen (secondary N) is 1. The molecule has 1 aromatic carbocycles. The number of ether oxygens (including phenoxy) is 1. The smallest absolute Gasteiger partial charge is 0.254 e. The standard InChI is InChI=1S/C16H25N3O4S/c1-11(2)18-24(21,22)15-9-12(6-7-14(15)23-3)16(20)19-8-4-5-13(19)10-17/h6-7,9,11,13,18H,4-5,8,10,17H2,1-3H3. The van der Waals surface area contributed by atoms with Crippen LogP contribution in [-0.4, -0.2) is 51.5 Å². The van der Waals surface area contributed by atoms with E-state index in [2.05, 4.69) is 4.72 Å². The Morgan fingerprint density at radius 3 is 2.75 bits per heavy atom. The molecule has 2 rings (SSSR count). The van der Waals surface area contributed by atoms with Gasteiger partial charge >= 0.3 is 0 Å². The van der Waals surface area contributed by atoms with Crippen LogP contribution in [-0.2, 0) is 10.0 Å². The Morgan fingerprint density at radius 1 is 1.46 bits per heavy atom. The van der Waals surface area contributed by atoms with E-state index >= 15 is 0 Å². The van der Waals surface area contributed by atoms with Crippen molar-refractivity contribution in [3.8, 4) is 5.75 Å². The van der Waals surface area contributed by atoms with E-state index in [0.717, 1.165) is 12.8 Å². The predicted octanol–water partition coefficient (Wildman–Crippen LogP) is 0.945. The Kier molecular flexibility index (Phi) is 5.84. The lowest BCUT2D eigenvalue weighted by Gasteiger charge is -2.24. The SMILES string of the molecule is COc1ccc(C(=O)N2CCCC2CN)cc1S(=O)(=O)NC(C)C. The maximum absolute atomic E-state index is 12.7. The van der Waals surface area contributed by atoms with Gasteiger partial charge < -0.3 is 15.4 Å². The largest absolute Gasteiger partial charge is 0.495 e. The van der Waals surface area contributed by atoms with Gasteiger partial charge in [-0.05, 0) is 44.9 Å². The van der Waals surface area contributed by atoms with E-state index in [-0.39, 0.29) is 28.6 Å². The van der Waals surface area contributed by atoms with Gasteiger partial charge in [0, 0.05) is 30.7 Å². The maximum atomic E-state index is 12.7. The summed E-state index contributed by atoms with van der Waals surface area (Å²) in [6.07, 6.45) is 1.78. The monoisotopic (exact) mass is 355 g/mol. The Labute approximate surface area is 143 Å². The zero-order valence-corrected chi connectivity index (χ0v) is 15.1. The molecule has 1 amide bonds. The van der Waals surface area contributed by atoms with Crippen molar-refractivity contribution in [2.45, 2.75) is 43.7 Å². The van der Waals surface area contributed by atoms with Crippen LogP contribution in [0.5, 0.6) is 5.75 Å². The average molecular weight is 355 g/mol. The Hall–Kier alpha value is -1.64. The molecular weight excluding hydrogens is 330 g/mol. The number of nitrogens with zero attached hydrogens (tertiary/aromatic N) is 1. The first-order valence-electron chi connectivity index (χ1n) is 8.01. The molecule has 1 aromatic rings. The van der Waals surface area contributed by atoms with Crippen LogP contribution in [0, 0.1) is 0 Å². The summed E-state index contributed by atoms with van der Waals surface area (Å²) in [6.45, 7) is 4.51. The number of hydrogen-bond donors (Lipinski definition) is 2.